The van der Waals surface area contributed by atoms with Gasteiger partial charge in [0.25, 0.3) is 0 Å². The molecule has 2 fully saturated rings. The molecule has 1 spiro atoms. The van der Waals surface area contributed by atoms with Crippen LogP contribution in [0.4, 0.5) is 0 Å². The molecule has 1 heterocycles. The van der Waals surface area contributed by atoms with Gasteiger partial charge in [-0.2, -0.15) is 0 Å². The van der Waals surface area contributed by atoms with Crippen LogP contribution in [0, 0.1) is 5.92 Å². The quantitative estimate of drug-likeness (QED) is 0.176. The Balaban J connectivity index is 1.68. The van der Waals surface area contributed by atoms with Gasteiger partial charge in [0.15, 0.2) is 0 Å². The first-order valence-corrected chi connectivity index (χ1v) is 16.5. The zero-order chi connectivity index (χ0) is 30.0. The Bertz CT molecular complexity index is 1080. The highest BCUT2D eigenvalue weighted by Gasteiger charge is 2.68. The summed E-state index contributed by atoms with van der Waals surface area (Å²) < 4.78 is 32.5. The van der Waals surface area contributed by atoms with Crippen molar-refractivity contribution in [3.63, 3.8) is 0 Å². The van der Waals surface area contributed by atoms with Gasteiger partial charge in [-0.05, 0) is 73.9 Å². The Hall–Kier alpha value is -1.67. The van der Waals surface area contributed by atoms with E-state index in [1.807, 2.05) is 25.1 Å². The Kier molecular flexibility index (Phi) is 13.0. The summed E-state index contributed by atoms with van der Waals surface area (Å²) in [6.07, 6.45) is 6.16. The van der Waals surface area contributed by atoms with Crippen LogP contribution < -0.4 is 4.74 Å². The number of aliphatic hydroxyl groups excluding tert-OH is 1. The largest absolute Gasteiger partial charge is 0.494 e. The average molecular weight is 603 g/mol. The summed E-state index contributed by atoms with van der Waals surface area (Å²) in [6, 6.07) is 14.3. The van der Waals surface area contributed by atoms with Crippen LogP contribution in [0.25, 0.3) is 0 Å². The van der Waals surface area contributed by atoms with E-state index in [4.69, 9.17) is 35.3 Å². The third-order valence-electron chi connectivity index (χ3n) is 8.50. The van der Waals surface area contributed by atoms with E-state index in [0.717, 1.165) is 72.4 Å². The number of hydrogen-bond acceptors (Lipinski definition) is 6. The summed E-state index contributed by atoms with van der Waals surface area (Å²) in [4.78, 5) is 0. The first-order chi connectivity index (χ1) is 20.5. The van der Waals surface area contributed by atoms with E-state index in [0.29, 0.717) is 32.8 Å². The summed E-state index contributed by atoms with van der Waals surface area (Å²) in [5.41, 5.74) is 2.61. The van der Waals surface area contributed by atoms with E-state index in [1.54, 1.807) is 0 Å². The van der Waals surface area contributed by atoms with Crippen molar-refractivity contribution in [2.45, 2.75) is 109 Å². The summed E-state index contributed by atoms with van der Waals surface area (Å²) in [5.74, 6) is 0.873. The van der Waals surface area contributed by atoms with Gasteiger partial charge >= 0.3 is 0 Å². The third-order valence-corrected chi connectivity index (χ3v) is 8.87. The van der Waals surface area contributed by atoms with Crippen LogP contribution in [0.3, 0.4) is 0 Å². The van der Waals surface area contributed by atoms with Gasteiger partial charge in [0.1, 0.15) is 35.8 Å². The molecule has 6 nitrogen and oxygen atoms in total. The number of benzene rings is 2. The van der Waals surface area contributed by atoms with Crippen molar-refractivity contribution >= 4 is 11.6 Å². The molecule has 1 aliphatic carbocycles. The van der Waals surface area contributed by atoms with Crippen molar-refractivity contribution in [2.24, 2.45) is 5.92 Å². The SMILES string of the molecule is CCCCO[C@@H]1[C@@H](OCCCC)[C@H](OCCCC)C2(CC2CO)O[C@H]1c1ccc(Cl)c(Cc2ccc(OCC)cc2)c1. The second-order valence-electron chi connectivity index (χ2n) is 11.7. The fourth-order valence-corrected chi connectivity index (χ4v) is 6.15. The predicted molar refractivity (Wildman–Crippen MR) is 168 cm³/mol. The third kappa shape index (κ3) is 8.08. The fourth-order valence-electron chi connectivity index (χ4n) is 5.97. The number of aliphatic hydroxyl groups is 1. The Morgan fingerprint density at radius 2 is 1.50 bits per heavy atom. The van der Waals surface area contributed by atoms with Crippen LogP contribution in [-0.4, -0.2) is 62.1 Å². The molecular formula is C35H51ClO6. The molecule has 42 heavy (non-hydrogen) atoms. The fraction of sp³-hybridized carbons (Fsp3) is 0.657. The van der Waals surface area contributed by atoms with Crippen LogP contribution in [0.2, 0.25) is 5.02 Å². The van der Waals surface area contributed by atoms with Crippen LogP contribution >= 0.6 is 11.6 Å². The normalized spacial score (nSPS) is 27.0. The molecule has 0 radical (unpaired) electrons. The maximum Gasteiger partial charge on any atom is 0.119 e. The number of rotatable bonds is 18. The van der Waals surface area contributed by atoms with Gasteiger partial charge in [0, 0.05) is 37.4 Å². The molecule has 4 rings (SSSR count). The minimum Gasteiger partial charge on any atom is -0.494 e. The van der Waals surface area contributed by atoms with E-state index in [2.05, 4.69) is 45.0 Å². The Labute approximate surface area is 258 Å². The summed E-state index contributed by atoms with van der Waals surface area (Å²) in [7, 11) is 0. The van der Waals surface area contributed by atoms with Crippen molar-refractivity contribution in [1.82, 2.24) is 0 Å². The lowest BCUT2D eigenvalue weighted by Crippen LogP contribution is -2.59. The molecule has 0 aromatic heterocycles. The topological polar surface area (TPSA) is 66.4 Å². The van der Waals surface area contributed by atoms with Gasteiger partial charge < -0.3 is 28.8 Å². The molecule has 7 heteroatoms. The molecule has 0 bridgehead atoms. The predicted octanol–water partition coefficient (Wildman–Crippen LogP) is 7.71. The Morgan fingerprint density at radius 3 is 2.10 bits per heavy atom. The van der Waals surface area contributed by atoms with Crippen molar-refractivity contribution in [3.8, 4) is 5.75 Å². The molecule has 2 aromatic rings. The lowest BCUT2D eigenvalue weighted by molar-refractivity contribution is -0.275. The minimum atomic E-state index is -0.594. The van der Waals surface area contributed by atoms with Crippen molar-refractivity contribution in [2.75, 3.05) is 33.0 Å². The molecule has 1 N–H and O–H groups in total. The lowest BCUT2D eigenvalue weighted by Gasteiger charge is -2.48. The van der Waals surface area contributed by atoms with Gasteiger partial charge in [0.2, 0.25) is 0 Å². The highest BCUT2D eigenvalue weighted by molar-refractivity contribution is 6.31. The van der Waals surface area contributed by atoms with Crippen molar-refractivity contribution in [3.05, 3.63) is 64.2 Å². The monoisotopic (exact) mass is 602 g/mol. The summed E-state index contributed by atoms with van der Waals surface area (Å²) in [6.45, 7) is 11.1. The van der Waals surface area contributed by atoms with Gasteiger partial charge in [-0.3, -0.25) is 0 Å². The van der Waals surface area contributed by atoms with Crippen LogP contribution in [0.1, 0.15) is 95.4 Å². The second kappa shape index (κ2) is 16.4. The molecule has 1 saturated carbocycles. The number of unbranched alkanes of at least 4 members (excludes halogenated alkanes) is 3. The zero-order valence-corrected chi connectivity index (χ0v) is 26.7. The Morgan fingerprint density at radius 1 is 0.857 bits per heavy atom. The highest BCUT2D eigenvalue weighted by atomic mass is 35.5. The first-order valence-electron chi connectivity index (χ1n) is 16.1. The van der Waals surface area contributed by atoms with Crippen LogP contribution in [0.15, 0.2) is 42.5 Å². The molecule has 2 aliphatic rings. The summed E-state index contributed by atoms with van der Waals surface area (Å²) in [5, 5.41) is 11.0. The van der Waals surface area contributed by atoms with Gasteiger partial charge in [-0.25, -0.2) is 0 Å². The molecule has 2 unspecified atom stereocenters. The zero-order valence-electron chi connectivity index (χ0n) is 26.0. The maximum absolute atomic E-state index is 10.3. The number of ether oxygens (including phenoxy) is 5. The van der Waals surface area contributed by atoms with Crippen LogP contribution in [-0.2, 0) is 25.4 Å². The molecule has 2 aromatic carbocycles. The van der Waals surface area contributed by atoms with E-state index in [1.165, 1.54) is 0 Å². The lowest BCUT2D eigenvalue weighted by atomic mass is 9.87. The van der Waals surface area contributed by atoms with E-state index in [9.17, 15) is 5.11 Å². The van der Waals surface area contributed by atoms with Crippen molar-refractivity contribution < 1.29 is 28.8 Å². The molecule has 6 atom stereocenters. The molecule has 1 saturated heterocycles. The van der Waals surface area contributed by atoms with Gasteiger partial charge in [-0.15, -0.1) is 0 Å². The average Bonchev–Trinajstić information content (AvgIpc) is 3.70. The number of halogens is 1. The second-order valence-corrected chi connectivity index (χ2v) is 12.1. The van der Waals surface area contributed by atoms with Crippen LogP contribution in [0.5, 0.6) is 5.75 Å². The minimum absolute atomic E-state index is 0.0103. The standard InChI is InChI=1S/C35H51ClO6/c1-5-9-18-39-32-31(26-14-17-30(36)27(22-26)21-25-12-15-29(16-13-25)38-8-4)42-35(23-28(35)24-37)34(41-20-11-7-3)33(32)40-19-10-6-2/h12-17,22,28,31-34,37H,5-11,18-21,23-24H2,1-4H3/t28?,31-,32-,33+,34-,35?/m0/s1. The first kappa shape index (κ1) is 33.2. The number of hydrogen-bond donors (Lipinski definition) is 1. The molecule has 1 aliphatic heterocycles. The smallest absolute Gasteiger partial charge is 0.119 e. The van der Waals surface area contributed by atoms with Gasteiger partial charge in [-0.1, -0.05) is 75.9 Å². The molecule has 0 amide bonds. The summed E-state index contributed by atoms with van der Waals surface area (Å²) >= 11 is 6.75. The maximum atomic E-state index is 10.3. The van der Waals surface area contributed by atoms with E-state index < -0.39 is 5.60 Å². The van der Waals surface area contributed by atoms with Crippen molar-refractivity contribution in [1.29, 1.82) is 0 Å². The molecule has 234 valence electrons. The highest BCUT2D eigenvalue weighted by Crippen LogP contribution is 2.58. The van der Waals surface area contributed by atoms with Gasteiger partial charge in [0.05, 0.1) is 6.61 Å². The van der Waals surface area contributed by atoms with E-state index >= 15 is 0 Å². The van der Waals surface area contributed by atoms with E-state index in [-0.39, 0.29) is 36.9 Å². The molecular weight excluding hydrogens is 552 g/mol.